The van der Waals surface area contributed by atoms with Crippen LogP contribution >= 0.6 is 0 Å². The molecule has 5 rings (SSSR count). The Morgan fingerprint density at radius 3 is 2.56 bits per heavy atom. The molecule has 0 aliphatic carbocycles. The van der Waals surface area contributed by atoms with Crippen molar-refractivity contribution in [1.82, 2.24) is 10.3 Å². The van der Waals surface area contributed by atoms with Gasteiger partial charge >= 0.3 is 5.97 Å². The molecule has 212 valence electrons. The third-order valence-electron chi connectivity index (χ3n) is 7.09. The lowest BCUT2D eigenvalue weighted by Crippen LogP contribution is -2.40. The summed E-state index contributed by atoms with van der Waals surface area (Å²) in [6.07, 6.45) is 0.638. The van der Waals surface area contributed by atoms with Crippen LogP contribution in [0, 0.1) is 0 Å². The predicted molar refractivity (Wildman–Crippen MR) is 146 cm³/mol. The van der Waals surface area contributed by atoms with Gasteiger partial charge in [0, 0.05) is 19.5 Å². The molecule has 1 saturated heterocycles. The number of carboxylic acids is 1. The number of phenols is 1. The number of rotatable bonds is 12. The highest BCUT2D eigenvalue weighted by Gasteiger charge is 2.39. The molecule has 0 radical (unpaired) electrons. The molecule has 12 heteroatoms. The van der Waals surface area contributed by atoms with Crippen molar-refractivity contribution in [2.45, 2.75) is 31.5 Å². The monoisotopic (exact) mass is 560 g/mol. The van der Waals surface area contributed by atoms with E-state index in [-0.39, 0.29) is 37.1 Å². The van der Waals surface area contributed by atoms with Crippen molar-refractivity contribution < 1.29 is 38.9 Å². The number of nitrogens with one attached hydrogen (secondary N) is 1. The molecule has 12 nitrogen and oxygen atoms in total. The van der Waals surface area contributed by atoms with E-state index < -0.39 is 24.5 Å². The molecule has 2 aliphatic rings. The number of aliphatic carboxylic acids is 1. The fourth-order valence-electron chi connectivity index (χ4n) is 5.06. The van der Waals surface area contributed by atoms with Crippen LogP contribution in [-0.2, 0) is 25.7 Å². The Morgan fingerprint density at radius 1 is 1.05 bits per heavy atom. The first-order chi connectivity index (χ1) is 19.9. The van der Waals surface area contributed by atoms with Crippen molar-refractivity contribution >= 4 is 36.1 Å². The zero-order valence-corrected chi connectivity index (χ0v) is 21.9. The van der Waals surface area contributed by atoms with Crippen molar-refractivity contribution in [2.75, 3.05) is 23.2 Å². The van der Waals surface area contributed by atoms with E-state index in [0.29, 0.717) is 42.1 Å². The van der Waals surface area contributed by atoms with E-state index in [1.807, 2.05) is 30.3 Å². The van der Waals surface area contributed by atoms with Gasteiger partial charge in [0.1, 0.15) is 5.75 Å². The molecule has 3 N–H and O–H groups in total. The van der Waals surface area contributed by atoms with Crippen LogP contribution < -0.4 is 24.8 Å². The zero-order valence-electron chi connectivity index (χ0n) is 21.9. The number of carboxylic acid groups (broad SMARTS) is 1. The second-order valence-electron chi connectivity index (χ2n) is 9.61. The van der Waals surface area contributed by atoms with E-state index in [9.17, 15) is 29.4 Å². The zero-order chi connectivity index (χ0) is 28.9. The molecule has 3 aromatic rings. The summed E-state index contributed by atoms with van der Waals surface area (Å²) in [5.41, 5.74) is 5.02. The predicted octanol–water partition coefficient (Wildman–Crippen LogP) is 2.57. The molecule has 0 saturated carbocycles. The third kappa shape index (κ3) is 5.92. The van der Waals surface area contributed by atoms with Crippen LogP contribution in [0.3, 0.4) is 0 Å². The first-order valence-electron chi connectivity index (χ1n) is 12.9. The van der Waals surface area contributed by atoms with Crippen LogP contribution in [0.25, 0.3) is 0 Å². The molecule has 2 aliphatic heterocycles. The fraction of sp³-hybridized carbons (Fsp3) is 0.241. The summed E-state index contributed by atoms with van der Waals surface area (Å²) >= 11 is 0. The number of hydrogen-bond acceptors (Lipinski definition) is 8. The minimum atomic E-state index is -1.12. The molecule has 0 spiro atoms. The molecule has 2 unspecified atom stereocenters. The number of carbonyl (C=O) groups excluding carboxylic acids is 3. The summed E-state index contributed by atoms with van der Waals surface area (Å²) in [6.45, 7) is 0.408. The molecule has 2 heterocycles. The highest BCUT2D eigenvalue weighted by Crippen LogP contribution is 2.39. The number of carbonyl (C=O) groups is 4. The standard InChI is InChI=1S/C29H28N4O8/c34-16-32(23(13-29(38)39)20-6-9-26-27(10-20)41-18-40-26)22-12-28(37)31(15-22)24-11-21(7-8-25(24)36)33(17-35)30-14-19-4-2-1-3-5-19/h1-11,16-17,22-23,30,36H,12-15,18H2,(H,38,39). The van der Waals surface area contributed by atoms with Gasteiger partial charge in [-0.05, 0) is 41.5 Å². The van der Waals surface area contributed by atoms with Crippen molar-refractivity contribution in [1.29, 1.82) is 0 Å². The lowest BCUT2D eigenvalue weighted by Gasteiger charge is -2.32. The minimum absolute atomic E-state index is 0.00773. The van der Waals surface area contributed by atoms with Crippen molar-refractivity contribution in [3.63, 3.8) is 0 Å². The summed E-state index contributed by atoms with van der Waals surface area (Å²) in [5, 5.41) is 21.5. The smallest absolute Gasteiger partial charge is 0.305 e. The Labute approximate surface area is 235 Å². The molecular formula is C29H28N4O8. The Kier molecular flexibility index (Phi) is 8.01. The molecular weight excluding hydrogens is 532 g/mol. The topological polar surface area (TPSA) is 149 Å². The van der Waals surface area contributed by atoms with Crippen molar-refractivity contribution in [3.05, 3.63) is 77.9 Å². The maximum Gasteiger partial charge on any atom is 0.305 e. The molecule has 1 fully saturated rings. The summed E-state index contributed by atoms with van der Waals surface area (Å²) in [7, 11) is 0. The number of benzene rings is 3. The summed E-state index contributed by atoms with van der Waals surface area (Å²) < 4.78 is 10.8. The number of anilines is 2. The van der Waals surface area contributed by atoms with E-state index >= 15 is 0 Å². The largest absolute Gasteiger partial charge is 0.506 e. The van der Waals surface area contributed by atoms with Gasteiger partial charge in [0.05, 0.1) is 29.9 Å². The van der Waals surface area contributed by atoms with E-state index in [0.717, 1.165) is 5.56 Å². The highest BCUT2D eigenvalue weighted by atomic mass is 16.7. The van der Waals surface area contributed by atoms with Crippen molar-refractivity contribution in [3.8, 4) is 17.2 Å². The van der Waals surface area contributed by atoms with Crippen LogP contribution in [0.1, 0.15) is 30.0 Å². The normalized spacial score (nSPS) is 16.3. The van der Waals surface area contributed by atoms with Gasteiger partial charge < -0.3 is 29.5 Å². The van der Waals surface area contributed by atoms with Gasteiger partial charge in [0.15, 0.2) is 11.5 Å². The van der Waals surface area contributed by atoms with Gasteiger partial charge in [-0.15, -0.1) is 0 Å². The van der Waals surface area contributed by atoms with E-state index in [4.69, 9.17) is 9.47 Å². The van der Waals surface area contributed by atoms with Gasteiger partial charge in [0.2, 0.25) is 25.5 Å². The Morgan fingerprint density at radius 2 is 1.83 bits per heavy atom. The number of nitrogens with zero attached hydrogens (tertiary/aromatic N) is 3. The third-order valence-corrected chi connectivity index (χ3v) is 7.09. The molecule has 0 bridgehead atoms. The quantitative estimate of drug-likeness (QED) is 0.224. The van der Waals surface area contributed by atoms with Gasteiger partial charge in [-0.2, -0.15) is 0 Å². The SMILES string of the molecule is O=CN(NCc1ccccc1)c1ccc(O)c(N2CC(N(C=O)C(CC(=O)O)c3ccc4c(c3)OCO4)CC2=O)c1. The summed E-state index contributed by atoms with van der Waals surface area (Å²) in [6, 6.07) is 17.2. The number of hydrazine groups is 1. The number of hydrogen-bond donors (Lipinski definition) is 3. The lowest BCUT2D eigenvalue weighted by molar-refractivity contribution is -0.139. The first-order valence-corrected chi connectivity index (χ1v) is 12.9. The minimum Gasteiger partial charge on any atom is -0.506 e. The molecule has 3 amide bonds. The van der Waals surface area contributed by atoms with Crippen molar-refractivity contribution in [2.24, 2.45) is 0 Å². The fourth-order valence-corrected chi connectivity index (χ4v) is 5.06. The molecule has 0 aromatic heterocycles. The number of amides is 3. The number of ether oxygens (including phenoxy) is 2. The second-order valence-corrected chi connectivity index (χ2v) is 9.61. The maximum absolute atomic E-state index is 13.2. The summed E-state index contributed by atoms with van der Waals surface area (Å²) in [4.78, 5) is 51.8. The Balaban J connectivity index is 1.37. The number of phenolic OH excluding ortho intramolecular Hbond substituents is 1. The van der Waals surface area contributed by atoms with Crippen LogP contribution in [-0.4, -0.2) is 59.2 Å². The van der Waals surface area contributed by atoms with Gasteiger partial charge in [0.25, 0.3) is 0 Å². The first kappa shape index (κ1) is 27.5. The van der Waals surface area contributed by atoms with Gasteiger partial charge in [-0.3, -0.25) is 19.2 Å². The number of fused-ring (bicyclic) bond motifs is 1. The van der Waals surface area contributed by atoms with E-state index in [1.54, 1.807) is 18.2 Å². The van der Waals surface area contributed by atoms with Crippen LogP contribution in [0.5, 0.6) is 17.2 Å². The average Bonchev–Trinajstić information content (AvgIpc) is 3.60. The second kappa shape index (κ2) is 12.0. The molecule has 3 aromatic carbocycles. The van der Waals surface area contributed by atoms with Crippen LogP contribution in [0.15, 0.2) is 66.7 Å². The maximum atomic E-state index is 13.2. The van der Waals surface area contributed by atoms with E-state index in [1.165, 1.54) is 33.0 Å². The van der Waals surface area contributed by atoms with Gasteiger partial charge in [-0.1, -0.05) is 36.4 Å². The average molecular weight is 561 g/mol. The summed E-state index contributed by atoms with van der Waals surface area (Å²) in [5.74, 6) is -0.727. The van der Waals surface area contributed by atoms with E-state index in [2.05, 4.69) is 5.43 Å². The van der Waals surface area contributed by atoms with Crippen LogP contribution in [0.2, 0.25) is 0 Å². The van der Waals surface area contributed by atoms with Crippen LogP contribution in [0.4, 0.5) is 11.4 Å². The Bertz CT molecular complexity index is 1450. The van der Waals surface area contributed by atoms with Gasteiger partial charge in [-0.25, -0.2) is 10.4 Å². The molecule has 2 atom stereocenters. The lowest BCUT2D eigenvalue weighted by atomic mass is 9.99. The number of aromatic hydroxyl groups is 1. The Hall–Kier alpha value is -5.10. The molecule has 41 heavy (non-hydrogen) atoms. The highest BCUT2D eigenvalue weighted by molar-refractivity contribution is 5.98.